The van der Waals surface area contributed by atoms with Gasteiger partial charge >= 0.3 is 5.97 Å². The van der Waals surface area contributed by atoms with Crippen LogP contribution in [-0.4, -0.2) is 72.7 Å². The number of methoxy groups -OCH3 is 2. The number of ketones is 2. The first-order valence-corrected chi connectivity index (χ1v) is 15.9. The molecular weight excluding hydrogens is 578 g/mol. The summed E-state index contributed by atoms with van der Waals surface area (Å²) in [6, 6.07) is 5.52. The maximum absolute atomic E-state index is 13.5. The van der Waals surface area contributed by atoms with Crippen LogP contribution in [0.5, 0.6) is 11.5 Å². The second kappa shape index (κ2) is 12.7. The van der Waals surface area contributed by atoms with Gasteiger partial charge in [-0.1, -0.05) is 31.6 Å². The number of hydrogen-bond acceptors (Lipinski definition) is 9. The fourth-order valence-corrected chi connectivity index (χ4v) is 8.81. The zero-order chi connectivity index (χ0) is 32.6. The number of allylic oxidation sites excluding steroid dienone is 4. The van der Waals surface area contributed by atoms with Crippen LogP contribution >= 0.6 is 0 Å². The van der Waals surface area contributed by atoms with E-state index in [0.717, 1.165) is 24.0 Å². The summed E-state index contributed by atoms with van der Waals surface area (Å²) < 4.78 is 15.8. The van der Waals surface area contributed by atoms with Gasteiger partial charge in [-0.15, -0.1) is 0 Å². The monoisotopic (exact) mass is 623 g/mol. The zero-order valence-corrected chi connectivity index (χ0v) is 26.6. The van der Waals surface area contributed by atoms with Crippen LogP contribution in [0, 0.1) is 28.6 Å². The topological polar surface area (TPSA) is 148 Å². The minimum atomic E-state index is -1.74. The lowest BCUT2D eigenvalue weighted by Crippen LogP contribution is -2.61. The number of aliphatic hydroxyl groups is 2. The van der Waals surface area contributed by atoms with Gasteiger partial charge < -0.3 is 29.7 Å². The van der Waals surface area contributed by atoms with Gasteiger partial charge in [0, 0.05) is 29.7 Å². The maximum Gasteiger partial charge on any atom is 0.306 e. The smallest absolute Gasteiger partial charge is 0.306 e. The Morgan fingerprint density at radius 1 is 1.07 bits per heavy atom. The molecule has 4 aliphatic rings. The minimum Gasteiger partial charge on any atom is -0.493 e. The number of amides is 1. The van der Waals surface area contributed by atoms with E-state index in [1.54, 1.807) is 32.4 Å². The van der Waals surface area contributed by atoms with Crippen LogP contribution in [0.1, 0.15) is 64.4 Å². The maximum atomic E-state index is 13.5. The average Bonchev–Trinajstić information content (AvgIpc) is 3.29. The fourth-order valence-electron chi connectivity index (χ4n) is 8.81. The number of nitrogens with one attached hydrogen (secondary N) is 1. The SMILES string of the molecule is COc1ccc(CCNC(=O)CCC(=O)OCC(=O)[C@@]2(O)CC[C@@H]3[C@@H]4CCC5=CC(=O)C=C[C@]5(C)[C@H]4[C@H](O)C[C@@]32C)cc1OC. The van der Waals surface area contributed by atoms with E-state index < -0.39 is 40.9 Å². The Morgan fingerprint density at radius 3 is 2.56 bits per heavy atom. The molecular formula is C35H45NO9. The molecule has 0 aromatic heterocycles. The number of carbonyl (C=O) groups excluding carboxylic acids is 4. The summed E-state index contributed by atoms with van der Waals surface area (Å²) >= 11 is 0. The average molecular weight is 624 g/mol. The quantitative estimate of drug-likeness (QED) is 0.316. The van der Waals surface area contributed by atoms with Gasteiger partial charge in [0.25, 0.3) is 0 Å². The Balaban J connectivity index is 1.11. The van der Waals surface area contributed by atoms with Crippen molar-refractivity contribution in [3.63, 3.8) is 0 Å². The summed E-state index contributed by atoms with van der Waals surface area (Å²) in [5.41, 5.74) is -1.05. The number of ether oxygens (including phenoxy) is 3. The van der Waals surface area contributed by atoms with Crippen molar-refractivity contribution in [2.24, 2.45) is 28.6 Å². The number of Topliss-reactive ketones (excluding diaryl/α,β-unsaturated/α-hetero) is 1. The molecule has 5 rings (SSSR count). The molecule has 0 heterocycles. The molecule has 0 saturated heterocycles. The summed E-state index contributed by atoms with van der Waals surface area (Å²) in [4.78, 5) is 50.3. The first kappa shape index (κ1) is 32.9. The summed E-state index contributed by atoms with van der Waals surface area (Å²) in [5, 5.41) is 26.1. The van der Waals surface area contributed by atoms with E-state index in [2.05, 4.69) is 12.2 Å². The number of fused-ring (bicyclic) bond motifs is 5. The van der Waals surface area contributed by atoms with Gasteiger partial charge in [-0.2, -0.15) is 0 Å². The Labute approximate surface area is 264 Å². The van der Waals surface area contributed by atoms with Gasteiger partial charge in [-0.3, -0.25) is 19.2 Å². The number of rotatable bonds is 11. The van der Waals surface area contributed by atoms with Crippen LogP contribution in [0.25, 0.3) is 0 Å². The summed E-state index contributed by atoms with van der Waals surface area (Å²) in [7, 11) is 3.12. The largest absolute Gasteiger partial charge is 0.493 e. The molecule has 0 unspecified atom stereocenters. The van der Waals surface area contributed by atoms with Crippen molar-refractivity contribution in [1.82, 2.24) is 5.32 Å². The predicted molar refractivity (Wildman–Crippen MR) is 164 cm³/mol. The van der Waals surface area contributed by atoms with E-state index >= 15 is 0 Å². The first-order chi connectivity index (χ1) is 21.4. The highest BCUT2D eigenvalue weighted by molar-refractivity contribution is 6.01. The number of esters is 1. The third-order valence-electron chi connectivity index (χ3n) is 11.2. The van der Waals surface area contributed by atoms with Crippen LogP contribution in [0.15, 0.2) is 42.0 Å². The molecule has 3 saturated carbocycles. The summed E-state index contributed by atoms with van der Waals surface area (Å²) in [6.45, 7) is 3.74. The lowest BCUT2D eigenvalue weighted by atomic mass is 9.46. The fraction of sp³-hybridized carbons (Fsp3) is 0.600. The standard InChI is InChI=1S/C35H45NO9/c1-33-14-11-23(37)18-22(33)6-7-24-25-12-15-35(42,34(25,2)19-26(38)32(24)33)29(39)20-45-31(41)10-9-30(40)36-16-13-21-5-8-27(43-3)28(17-21)44-4/h5,8,11,14,17-18,24-26,32,38,42H,6-7,9-10,12-13,15-16,19-20H2,1-4H3,(H,36,40)/t24-,25+,26+,32+,33-,34-,35-/m0/s1. The van der Waals surface area contributed by atoms with Crippen molar-refractivity contribution in [2.45, 2.75) is 76.9 Å². The molecule has 1 aromatic rings. The second-order valence-corrected chi connectivity index (χ2v) is 13.5. The molecule has 0 spiro atoms. The van der Waals surface area contributed by atoms with E-state index in [0.29, 0.717) is 30.9 Å². The highest BCUT2D eigenvalue weighted by Gasteiger charge is 2.68. The molecule has 45 heavy (non-hydrogen) atoms. The van der Waals surface area contributed by atoms with Crippen molar-refractivity contribution in [3.8, 4) is 11.5 Å². The number of carbonyl (C=O) groups is 4. The Hall–Kier alpha value is -3.50. The Kier molecular flexibility index (Phi) is 9.29. The summed E-state index contributed by atoms with van der Waals surface area (Å²) in [6.07, 6.45) is 7.33. The highest BCUT2D eigenvalue weighted by atomic mass is 16.5. The Morgan fingerprint density at radius 2 is 1.82 bits per heavy atom. The van der Waals surface area contributed by atoms with Gasteiger partial charge in [0.05, 0.1) is 26.7 Å². The van der Waals surface area contributed by atoms with Crippen LogP contribution in [0.4, 0.5) is 0 Å². The van der Waals surface area contributed by atoms with E-state index in [9.17, 15) is 29.4 Å². The van der Waals surface area contributed by atoms with Crippen LogP contribution in [-0.2, 0) is 30.3 Å². The lowest BCUT2D eigenvalue weighted by molar-refractivity contribution is -0.181. The molecule has 3 fully saturated rings. The van der Waals surface area contributed by atoms with Gasteiger partial charge in [0.2, 0.25) is 11.7 Å². The molecule has 1 amide bonds. The second-order valence-electron chi connectivity index (χ2n) is 13.5. The number of benzene rings is 1. The molecule has 4 aliphatic carbocycles. The van der Waals surface area contributed by atoms with Gasteiger partial charge in [0.1, 0.15) is 5.60 Å². The molecule has 1 aromatic carbocycles. The number of aliphatic hydroxyl groups excluding tert-OH is 1. The predicted octanol–water partition coefficient (Wildman–Crippen LogP) is 3.26. The first-order valence-electron chi connectivity index (χ1n) is 15.9. The van der Waals surface area contributed by atoms with Crippen LogP contribution in [0.3, 0.4) is 0 Å². The highest BCUT2D eigenvalue weighted by Crippen LogP contribution is 2.67. The molecule has 244 valence electrons. The van der Waals surface area contributed by atoms with Gasteiger partial charge in [-0.25, -0.2) is 0 Å². The molecule has 7 atom stereocenters. The Bertz CT molecular complexity index is 1420. The van der Waals surface area contributed by atoms with E-state index in [1.165, 1.54) is 0 Å². The van der Waals surface area contributed by atoms with Gasteiger partial charge in [0.15, 0.2) is 23.9 Å². The normalized spacial score (nSPS) is 33.3. The molecule has 3 N–H and O–H groups in total. The third kappa shape index (κ3) is 5.94. The lowest BCUT2D eigenvalue weighted by Gasteiger charge is -2.59. The molecule has 0 bridgehead atoms. The van der Waals surface area contributed by atoms with Crippen molar-refractivity contribution in [2.75, 3.05) is 27.4 Å². The molecule has 0 radical (unpaired) electrons. The molecule has 0 aliphatic heterocycles. The van der Waals surface area contributed by atoms with E-state index in [-0.39, 0.29) is 55.1 Å². The van der Waals surface area contributed by atoms with Crippen molar-refractivity contribution >= 4 is 23.4 Å². The van der Waals surface area contributed by atoms with Gasteiger partial charge in [-0.05, 0) is 80.2 Å². The van der Waals surface area contributed by atoms with Crippen LogP contribution in [0.2, 0.25) is 0 Å². The summed E-state index contributed by atoms with van der Waals surface area (Å²) in [5.74, 6) is -0.419. The molecule has 10 nitrogen and oxygen atoms in total. The minimum absolute atomic E-state index is 0.00246. The van der Waals surface area contributed by atoms with E-state index in [1.807, 2.05) is 25.1 Å². The van der Waals surface area contributed by atoms with E-state index in [4.69, 9.17) is 14.2 Å². The zero-order valence-electron chi connectivity index (χ0n) is 26.6. The number of hydrogen-bond donors (Lipinski definition) is 3. The van der Waals surface area contributed by atoms with Crippen molar-refractivity contribution < 1.29 is 43.6 Å². The molecule has 10 heteroatoms. The van der Waals surface area contributed by atoms with Crippen LogP contribution < -0.4 is 14.8 Å². The van der Waals surface area contributed by atoms with Crippen molar-refractivity contribution in [3.05, 3.63) is 47.6 Å². The van der Waals surface area contributed by atoms with Crippen molar-refractivity contribution in [1.29, 1.82) is 0 Å². The third-order valence-corrected chi connectivity index (χ3v) is 11.2.